The summed E-state index contributed by atoms with van der Waals surface area (Å²) in [4.78, 5) is 39.6. The van der Waals surface area contributed by atoms with Crippen molar-refractivity contribution in [3.05, 3.63) is 29.8 Å². The van der Waals surface area contributed by atoms with Gasteiger partial charge in [0.1, 0.15) is 11.5 Å². The van der Waals surface area contributed by atoms with Gasteiger partial charge in [0.05, 0.1) is 7.11 Å². The molecule has 1 aromatic rings. The molecule has 0 aliphatic carbocycles. The van der Waals surface area contributed by atoms with E-state index in [0.717, 1.165) is 11.3 Å². The van der Waals surface area contributed by atoms with Gasteiger partial charge in [-0.05, 0) is 18.1 Å². The van der Waals surface area contributed by atoms with Gasteiger partial charge < -0.3 is 14.5 Å². The molecule has 1 saturated heterocycles. The fourth-order valence-electron chi connectivity index (χ4n) is 3.28. The van der Waals surface area contributed by atoms with Crippen LogP contribution in [0, 0.1) is 0 Å². The normalized spacial score (nSPS) is 17.2. The van der Waals surface area contributed by atoms with Crippen LogP contribution in [0.4, 0.5) is 0 Å². The molecule has 1 fully saturated rings. The molecule has 2 aliphatic heterocycles. The molecule has 3 amide bonds. The molecule has 0 radical (unpaired) electrons. The van der Waals surface area contributed by atoms with Gasteiger partial charge in [0.2, 0.25) is 11.8 Å². The Morgan fingerprint density at radius 2 is 1.81 bits per heavy atom. The van der Waals surface area contributed by atoms with Crippen molar-refractivity contribution in [3.63, 3.8) is 0 Å². The van der Waals surface area contributed by atoms with Gasteiger partial charge in [-0.15, -0.1) is 0 Å². The quantitative estimate of drug-likeness (QED) is 0.818. The van der Waals surface area contributed by atoms with E-state index in [1.54, 1.807) is 16.9 Å². The number of hydrazone groups is 1. The summed E-state index contributed by atoms with van der Waals surface area (Å²) in [5.74, 6) is 0.546. The first-order valence-corrected chi connectivity index (χ1v) is 9.13. The monoisotopic (exact) mass is 372 g/mol. The van der Waals surface area contributed by atoms with Gasteiger partial charge >= 0.3 is 0 Å². The molecule has 8 heteroatoms. The molecule has 27 heavy (non-hydrogen) atoms. The molecule has 8 nitrogen and oxygen atoms in total. The Hall–Kier alpha value is -2.90. The minimum absolute atomic E-state index is 0.0790. The first-order chi connectivity index (χ1) is 13.1. The second-order valence-corrected chi connectivity index (χ2v) is 6.58. The lowest BCUT2D eigenvalue weighted by Gasteiger charge is -2.35. The number of ether oxygens (including phenoxy) is 1. The zero-order valence-electron chi connectivity index (χ0n) is 15.4. The van der Waals surface area contributed by atoms with Gasteiger partial charge in [0.25, 0.3) is 5.91 Å². The Kier molecular flexibility index (Phi) is 6.05. The Morgan fingerprint density at radius 1 is 1.11 bits per heavy atom. The Labute approximate surface area is 158 Å². The Morgan fingerprint density at radius 3 is 2.48 bits per heavy atom. The highest BCUT2D eigenvalue weighted by Crippen LogP contribution is 2.19. The van der Waals surface area contributed by atoms with E-state index >= 15 is 0 Å². The number of rotatable bonds is 5. The third-order valence-corrected chi connectivity index (χ3v) is 4.87. The van der Waals surface area contributed by atoms with Gasteiger partial charge in [-0.1, -0.05) is 18.2 Å². The van der Waals surface area contributed by atoms with Crippen LogP contribution in [0.5, 0.6) is 5.75 Å². The minimum Gasteiger partial charge on any atom is -0.496 e. The van der Waals surface area contributed by atoms with Crippen molar-refractivity contribution in [2.24, 2.45) is 5.10 Å². The van der Waals surface area contributed by atoms with E-state index in [1.165, 1.54) is 0 Å². The van der Waals surface area contributed by atoms with Crippen molar-refractivity contribution in [1.82, 2.24) is 15.2 Å². The van der Waals surface area contributed by atoms with Crippen LogP contribution in [0.2, 0.25) is 0 Å². The van der Waals surface area contributed by atoms with Crippen LogP contribution in [-0.4, -0.2) is 66.5 Å². The van der Waals surface area contributed by atoms with Crippen molar-refractivity contribution in [2.45, 2.75) is 25.7 Å². The van der Waals surface area contributed by atoms with Crippen LogP contribution in [0.15, 0.2) is 29.4 Å². The number of hydrogen-bond acceptors (Lipinski definition) is 5. The standard InChI is InChI=1S/C19H24N4O4/c1-27-16-5-3-2-4-14(16)6-9-18(25)22-10-12-23(13-11-22)19(26)15-7-8-17(24)21-20-15/h2-5H,6-13H2,1H3,(H,21,24). The minimum atomic E-state index is -0.169. The molecule has 1 N–H and O–H groups in total. The molecule has 0 bridgehead atoms. The van der Waals surface area contributed by atoms with Crippen molar-refractivity contribution in [2.75, 3.05) is 33.3 Å². The number of aryl methyl sites for hydroxylation is 1. The van der Waals surface area contributed by atoms with Gasteiger partial charge in [0.15, 0.2) is 0 Å². The molecule has 0 aromatic heterocycles. The summed E-state index contributed by atoms with van der Waals surface area (Å²) in [7, 11) is 1.62. The summed E-state index contributed by atoms with van der Waals surface area (Å²) in [6.07, 6.45) is 1.68. The number of nitrogens with zero attached hydrogens (tertiary/aromatic N) is 3. The topological polar surface area (TPSA) is 91.3 Å². The van der Waals surface area contributed by atoms with E-state index < -0.39 is 0 Å². The Balaban J connectivity index is 1.48. The lowest BCUT2D eigenvalue weighted by atomic mass is 10.1. The molecule has 0 saturated carbocycles. The average Bonchev–Trinajstić information content (AvgIpc) is 2.72. The third kappa shape index (κ3) is 4.64. The van der Waals surface area contributed by atoms with Crippen LogP contribution < -0.4 is 10.2 Å². The van der Waals surface area contributed by atoms with Gasteiger partial charge in [0, 0.05) is 45.4 Å². The fourth-order valence-corrected chi connectivity index (χ4v) is 3.28. The molecule has 1 aromatic carbocycles. The number of carbonyl (C=O) groups is 3. The van der Waals surface area contributed by atoms with Crippen molar-refractivity contribution < 1.29 is 19.1 Å². The third-order valence-electron chi connectivity index (χ3n) is 4.87. The fraction of sp³-hybridized carbons (Fsp3) is 0.474. The molecular formula is C19H24N4O4. The molecule has 2 heterocycles. The molecule has 2 aliphatic rings. The van der Waals surface area contributed by atoms with Crippen LogP contribution in [-0.2, 0) is 20.8 Å². The van der Waals surface area contributed by atoms with E-state index in [0.29, 0.717) is 51.2 Å². The SMILES string of the molecule is COc1ccccc1CCC(=O)N1CCN(C(=O)C2=NNC(=O)CC2)CC1. The van der Waals surface area contributed by atoms with Crippen LogP contribution in [0.1, 0.15) is 24.8 Å². The summed E-state index contributed by atoms with van der Waals surface area (Å²) in [6, 6.07) is 7.69. The summed E-state index contributed by atoms with van der Waals surface area (Å²) in [6.45, 7) is 1.98. The zero-order valence-corrected chi connectivity index (χ0v) is 15.4. The van der Waals surface area contributed by atoms with E-state index in [-0.39, 0.29) is 24.1 Å². The largest absolute Gasteiger partial charge is 0.496 e. The van der Waals surface area contributed by atoms with Gasteiger partial charge in [-0.25, -0.2) is 5.43 Å². The first-order valence-electron chi connectivity index (χ1n) is 9.13. The number of nitrogens with one attached hydrogen (secondary N) is 1. The van der Waals surface area contributed by atoms with Crippen molar-refractivity contribution in [3.8, 4) is 5.75 Å². The van der Waals surface area contributed by atoms with Crippen molar-refractivity contribution in [1.29, 1.82) is 0 Å². The molecule has 3 rings (SSSR count). The number of benzene rings is 1. The zero-order chi connectivity index (χ0) is 19.2. The number of amides is 3. The van der Waals surface area contributed by atoms with Gasteiger partial charge in [-0.2, -0.15) is 5.10 Å². The van der Waals surface area contributed by atoms with Crippen LogP contribution >= 0.6 is 0 Å². The van der Waals surface area contributed by atoms with Crippen molar-refractivity contribution >= 4 is 23.4 Å². The average molecular weight is 372 g/mol. The van der Waals surface area contributed by atoms with Gasteiger partial charge in [-0.3, -0.25) is 14.4 Å². The first kappa shape index (κ1) is 18.9. The summed E-state index contributed by atoms with van der Waals surface area (Å²) < 4.78 is 5.32. The number of hydrogen-bond donors (Lipinski definition) is 1. The predicted molar refractivity (Wildman–Crippen MR) is 99.3 cm³/mol. The van der Waals surface area contributed by atoms with E-state index in [2.05, 4.69) is 10.5 Å². The molecular weight excluding hydrogens is 348 g/mol. The predicted octanol–water partition coefficient (Wildman–Crippen LogP) is 0.565. The van der Waals surface area contributed by atoms with Crippen LogP contribution in [0.3, 0.4) is 0 Å². The molecule has 144 valence electrons. The van der Waals surface area contributed by atoms with E-state index in [9.17, 15) is 14.4 Å². The molecule has 0 unspecified atom stereocenters. The number of carbonyl (C=O) groups excluding carboxylic acids is 3. The van der Waals surface area contributed by atoms with E-state index in [4.69, 9.17) is 4.74 Å². The lowest BCUT2D eigenvalue weighted by molar-refractivity contribution is -0.136. The summed E-state index contributed by atoms with van der Waals surface area (Å²) in [5, 5.41) is 3.85. The second kappa shape index (κ2) is 8.66. The van der Waals surface area contributed by atoms with E-state index in [1.807, 2.05) is 24.3 Å². The smallest absolute Gasteiger partial charge is 0.270 e. The maximum absolute atomic E-state index is 12.5. The maximum Gasteiger partial charge on any atom is 0.270 e. The molecule has 0 atom stereocenters. The highest BCUT2D eigenvalue weighted by Gasteiger charge is 2.28. The number of methoxy groups -OCH3 is 1. The molecule has 0 spiro atoms. The highest BCUT2D eigenvalue weighted by molar-refractivity contribution is 6.39. The number of para-hydroxylation sites is 1. The lowest BCUT2D eigenvalue weighted by Crippen LogP contribution is -2.52. The van der Waals surface area contributed by atoms with Crippen LogP contribution in [0.25, 0.3) is 0 Å². The second-order valence-electron chi connectivity index (χ2n) is 6.58. The summed E-state index contributed by atoms with van der Waals surface area (Å²) >= 11 is 0. The maximum atomic E-state index is 12.5. The Bertz CT molecular complexity index is 754. The highest BCUT2D eigenvalue weighted by atomic mass is 16.5. The number of piperazine rings is 1. The summed E-state index contributed by atoms with van der Waals surface area (Å²) in [5.41, 5.74) is 3.74.